The molecule has 0 amide bonds. The topological polar surface area (TPSA) is 18.1 Å². The van der Waals surface area contributed by atoms with Crippen LogP contribution in [0.2, 0.25) is 0 Å². The molecule has 0 atom stereocenters. The Morgan fingerprint density at radius 3 is 1.75 bits per heavy atom. The van der Waals surface area contributed by atoms with Crippen LogP contribution in [0.5, 0.6) is 0 Å². The summed E-state index contributed by atoms with van der Waals surface area (Å²) in [4.78, 5) is 0. The first-order valence-electron chi connectivity index (χ1n) is 22.3. The highest BCUT2D eigenvalue weighted by atomic mass is 16.3. The van der Waals surface area contributed by atoms with Crippen molar-refractivity contribution in [3.63, 3.8) is 0 Å². The quantitative estimate of drug-likeness (QED) is 0.158. The van der Waals surface area contributed by atoms with Gasteiger partial charge in [0, 0.05) is 38.2 Å². The minimum atomic E-state index is -0.310. The van der Waals surface area contributed by atoms with E-state index in [9.17, 15) is 0 Å². The molecule has 2 aliphatic heterocycles. The molecule has 0 bridgehead atoms. The average Bonchev–Trinajstić information content (AvgIpc) is 3.86. The highest BCUT2D eigenvalue weighted by molar-refractivity contribution is 6.99. The van der Waals surface area contributed by atoms with Crippen molar-refractivity contribution in [2.75, 3.05) is 0 Å². The Morgan fingerprint density at radius 1 is 0.492 bits per heavy atom. The molecule has 4 heterocycles. The van der Waals surface area contributed by atoms with Gasteiger partial charge >= 0.3 is 0 Å². The minimum absolute atomic E-state index is 0.0383. The van der Waals surface area contributed by atoms with Crippen molar-refractivity contribution in [1.82, 2.24) is 4.57 Å². The van der Waals surface area contributed by atoms with Crippen molar-refractivity contribution in [2.45, 2.75) is 40.0 Å². The lowest BCUT2D eigenvalue weighted by molar-refractivity contribution is 0.633. The molecule has 0 radical (unpaired) electrons. The minimum Gasteiger partial charge on any atom is -0.455 e. The summed E-state index contributed by atoms with van der Waals surface area (Å²) < 4.78 is 9.95. The van der Waals surface area contributed by atoms with Gasteiger partial charge in [-0.15, -0.1) is 0 Å². The van der Waals surface area contributed by atoms with Crippen molar-refractivity contribution in [3.8, 4) is 50.2 Å². The molecule has 3 heteroatoms. The van der Waals surface area contributed by atoms with Gasteiger partial charge in [0.2, 0.25) is 6.71 Å². The number of para-hydroxylation sites is 2. The number of aryl methyl sites for hydroxylation is 3. The highest BCUT2D eigenvalue weighted by Crippen LogP contribution is 2.54. The Labute approximate surface area is 368 Å². The van der Waals surface area contributed by atoms with E-state index in [2.05, 4.69) is 215 Å². The van der Waals surface area contributed by atoms with Crippen molar-refractivity contribution in [3.05, 3.63) is 204 Å². The van der Waals surface area contributed by atoms with Gasteiger partial charge in [0.1, 0.15) is 11.2 Å². The summed E-state index contributed by atoms with van der Waals surface area (Å²) in [5.41, 5.74) is 25.9. The molecule has 0 fully saturated rings. The van der Waals surface area contributed by atoms with Crippen LogP contribution in [0.15, 0.2) is 180 Å². The third-order valence-corrected chi connectivity index (χ3v) is 14.5. The maximum Gasteiger partial charge on any atom is 0.248 e. The summed E-state index contributed by atoms with van der Waals surface area (Å²) in [6.07, 6.45) is 0. The highest BCUT2D eigenvalue weighted by Gasteiger charge is 2.46. The Balaban J connectivity index is 1.22. The van der Waals surface area contributed by atoms with Crippen LogP contribution in [-0.4, -0.2) is 11.3 Å². The van der Waals surface area contributed by atoms with E-state index >= 15 is 0 Å². The van der Waals surface area contributed by atoms with Gasteiger partial charge in [-0.05, 0) is 87.8 Å². The van der Waals surface area contributed by atoms with E-state index in [0.717, 1.165) is 22.1 Å². The second kappa shape index (κ2) is 13.1. The maximum absolute atomic E-state index is 7.25. The number of aromatic nitrogens is 1. The molecule has 0 spiro atoms. The number of benzene rings is 9. The molecule has 0 saturated heterocycles. The van der Waals surface area contributed by atoms with Crippen LogP contribution in [0.3, 0.4) is 0 Å². The largest absolute Gasteiger partial charge is 0.455 e. The van der Waals surface area contributed by atoms with E-state index in [1.807, 2.05) is 0 Å². The lowest BCUT2D eigenvalue weighted by Gasteiger charge is -2.40. The van der Waals surface area contributed by atoms with Crippen molar-refractivity contribution in [1.29, 1.82) is 0 Å². The molecule has 2 aromatic heterocycles. The summed E-state index contributed by atoms with van der Waals surface area (Å²) in [5.74, 6) is 0. The van der Waals surface area contributed by atoms with Crippen LogP contribution < -0.4 is 16.4 Å². The van der Waals surface area contributed by atoms with Crippen LogP contribution in [-0.2, 0) is 5.41 Å². The summed E-state index contributed by atoms with van der Waals surface area (Å²) in [5, 5.41) is 4.90. The lowest BCUT2D eigenvalue weighted by Crippen LogP contribution is -2.59. The third kappa shape index (κ3) is 4.97. The third-order valence-electron chi connectivity index (χ3n) is 14.5. The maximum atomic E-state index is 7.25. The van der Waals surface area contributed by atoms with Gasteiger partial charge in [-0.1, -0.05) is 206 Å². The fourth-order valence-corrected chi connectivity index (χ4v) is 12.0. The molecule has 63 heavy (non-hydrogen) atoms. The smallest absolute Gasteiger partial charge is 0.248 e. The number of hydrogen-bond acceptors (Lipinski definition) is 1. The van der Waals surface area contributed by atoms with E-state index in [4.69, 9.17) is 4.42 Å². The number of furan rings is 1. The van der Waals surface area contributed by atoms with Gasteiger partial charge < -0.3 is 8.98 Å². The van der Waals surface area contributed by atoms with E-state index in [0.29, 0.717) is 0 Å². The molecule has 0 unspecified atom stereocenters. The van der Waals surface area contributed by atoms with Crippen LogP contribution in [0, 0.1) is 20.8 Å². The van der Waals surface area contributed by atoms with Crippen LogP contribution in [0.4, 0.5) is 0 Å². The number of fused-ring (bicyclic) bond motifs is 5. The van der Waals surface area contributed by atoms with Crippen molar-refractivity contribution >= 4 is 66.8 Å². The van der Waals surface area contributed by atoms with Crippen LogP contribution >= 0.6 is 0 Å². The SMILES string of the molecule is Cc1cc(C)c(B2c3cccc4c3-n3c5c(c(-c6ccc(-c7ccccc7)cc6)ccc5c5c6c(oc7ccccc76)c(-c6ccc(-c7ccccc7)cc6)c2c53)C4(C)C)c(C)c1. The number of nitrogens with zero attached hydrogens (tertiary/aromatic N) is 1. The molecule has 298 valence electrons. The number of rotatable bonds is 5. The molecule has 2 aliphatic rings. The molecule has 13 rings (SSSR count). The Kier molecular flexibility index (Phi) is 7.54. The van der Waals surface area contributed by atoms with Crippen molar-refractivity contribution in [2.24, 2.45) is 0 Å². The van der Waals surface area contributed by atoms with Gasteiger partial charge in [0.05, 0.1) is 11.0 Å². The average molecular weight is 806 g/mol. The molecular weight excluding hydrogens is 761 g/mol. The summed E-state index contributed by atoms with van der Waals surface area (Å²) >= 11 is 0. The molecule has 0 saturated carbocycles. The lowest BCUT2D eigenvalue weighted by atomic mass is 9.33. The van der Waals surface area contributed by atoms with Gasteiger partial charge in [-0.25, -0.2) is 0 Å². The normalized spacial score (nSPS) is 13.6. The van der Waals surface area contributed by atoms with E-state index in [1.54, 1.807) is 0 Å². The first kappa shape index (κ1) is 36.3. The first-order valence-corrected chi connectivity index (χ1v) is 22.3. The zero-order chi connectivity index (χ0) is 42.3. The molecule has 9 aromatic carbocycles. The number of hydrogen-bond donors (Lipinski definition) is 0. The zero-order valence-corrected chi connectivity index (χ0v) is 36.2. The second-order valence-corrected chi connectivity index (χ2v) is 18.5. The molecular formula is C60H44BNO. The fraction of sp³-hybridized carbons (Fsp3) is 0.100. The molecule has 0 N–H and O–H groups in total. The van der Waals surface area contributed by atoms with Gasteiger partial charge in [-0.3, -0.25) is 0 Å². The summed E-state index contributed by atoms with van der Waals surface area (Å²) in [6.45, 7) is 11.7. The molecule has 11 aromatic rings. The van der Waals surface area contributed by atoms with E-state index in [-0.39, 0.29) is 12.1 Å². The Bertz CT molecular complexity index is 3680. The van der Waals surface area contributed by atoms with E-state index in [1.165, 1.54) is 116 Å². The summed E-state index contributed by atoms with van der Waals surface area (Å²) in [6, 6.07) is 65.2. The first-order chi connectivity index (χ1) is 30.8. The second-order valence-electron chi connectivity index (χ2n) is 18.5. The standard InChI is InChI=1S/C60H44BNO/c1-35-33-36(2)54(37(3)34-35)61-48-21-14-20-47-57(48)62-56-46(32-31-44(53(56)60(47,4)5)42-27-23-40(24-28-42)38-15-8-6-9-16-38)51-52-45-19-12-13-22-49(45)63-59(52)50(55(61)58(51)62)43-29-25-41(26-30-43)39-17-10-7-11-18-39/h6-34H,1-5H3. The van der Waals surface area contributed by atoms with E-state index < -0.39 is 0 Å². The zero-order valence-electron chi connectivity index (χ0n) is 36.2. The molecule has 2 nitrogen and oxygen atoms in total. The Hall–Kier alpha value is -7.36. The molecule has 0 aliphatic carbocycles. The van der Waals surface area contributed by atoms with Gasteiger partial charge in [0.25, 0.3) is 0 Å². The van der Waals surface area contributed by atoms with Crippen molar-refractivity contribution < 1.29 is 4.42 Å². The fourth-order valence-electron chi connectivity index (χ4n) is 12.0. The van der Waals surface area contributed by atoms with Crippen LogP contribution in [0.25, 0.3) is 93.9 Å². The summed E-state index contributed by atoms with van der Waals surface area (Å²) in [7, 11) is 0. The van der Waals surface area contributed by atoms with Gasteiger partial charge in [-0.2, -0.15) is 0 Å². The van der Waals surface area contributed by atoms with Crippen LogP contribution in [0.1, 0.15) is 41.7 Å². The Morgan fingerprint density at radius 2 is 1.08 bits per heavy atom. The van der Waals surface area contributed by atoms with Gasteiger partial charge in [0.15, 0.2) is 0 Å². The predicted octanol–water partition coefficient (Wildman–Crippen LogP) is 13.7. The predicted molar refractivity (Wildman–Crippen MR) is 267 cm³/mol. The monoisotopic (exact) mass is 805 g/mol.